The second-order valence-electron chi connectivity index (χ2n) is 4.65. The minimum atomic E-state index is -0.492. The van der Waals surface area contributed by atoms with E-state index in [0.29, 0.717) is 11.8 Å². The molecule has 1 saturated carbocycles. The molecule has 0 radical (unpaired) electrons. The Kier molecular flexibility index (Phi) is 2.07. The van der Waals surface area contributed by atoms with E-state index in [9.17, 15) is 5.11 Å². The van der Waals surface area contributed by atoms with Gasteiger partial charge in [-0.05, 0) is 38.5 Å². The van der Waals surface area contributed by atoms with E-state index < -0.39 is 5.60 Å². The minimum absolute atomic E-state index is 0.322. The lowest BCUT2D eigenvalue weighted by molar-refractivity contribution is 0.0333. The minimum Gasteiger partial charge on any atom is -0.390 e. The van der Waals surface area contributed by atoms with Crippen molar-refractivity contribution < 1.29 is 5.11 Å². The van der Waals surface area contributed by atoms with E-state index in [2.05, 4.69) is 18.7 Å². The van der Waals surface area contributed by atoms with Gasteiger partial charge >= 0.3 is 0 Å². The summed E-state index contributed by atoms with van der Waals surface area (Å²) in [6, 6.07) is 0. The molecule has 1 nitrogen and oxygen atoms in total. The Labute approximate surface area is 80.2 Å². The maximum absolute atomic E-state index is 10.1. The quantitative estimate of drug-likeness (QED) is 0.565. The van der Waals surface area contributed by atoms with Gasteiger partial charge in [-0.25, -0.2) is 0 Å². The summed E-state index contributed by atoms with van der Waals surface area (Å²) in [6.07, 6.45) is 8.65. The predicted molar refractivity (Wildman–Crippen MR) is 54.4 cm³/mol. The fourth-order valence-electron chi connectivity index (χ4n) is 2.72. The molecule has 1 fully saturated rings. The SMILES string of the molecule is C=C1CCC=C[C@H]2[C@@H]1CC[C@]2(C)O. The third-order valence-electron chi connectivity index (χ3n) is 3.61. The van der Waals surface area contributed by atoms with E-state index in [1.807, 2.05) is 6.92 Å². The smallest absolute Gasteiger partial charge is 0.0688 e. The van der Waals surface area contributed by atoms with Crippen molar-refractivity contribution >= 4 is 0 Å². The highest BCUT2D eigenvalue weighted by Gasteiger charge is 2.43. The first kappa shape index (κ1) is 9.01. The van der Waals surface area contributed by atoms with Gasteiger partial charge in [0.1, 0.15) is 0 Å². The molecule has 2 aliphatic carbocycles. The monoisotopic (exact) mass is 178 g/mol. The second kappa shape index (κ2) is 2.98. The van der Waals surface area contributed by atoms with Crippen molar-refractivity contribution in [3.05, 3.63) is 24.3 Å². The number of fused-ring (bicyclic) bond motifs is 1. The first-order chi connectivity index (χ1) is 6.11. The lowest BCUT2D eigenvalue weighted by Crippen LogP contribution is -2.30. The molecule has 0 amide bonds. The highest BCUT2D eigenvalue weighted by atomic mass is 16.3. The average molecular weight is 178 g/mol. The van der Waals surface area contributed by atoms with Crippen molar-refractivity contribution in [3.8, 4) is 0 Å². The van der Waals surface area contributed by atoms with Gasteiger partial charge < -0.3 is 5.11 Å². The molecule has 0 saturated heterocycles. The summed E-state index contributed by atoms with van der Waals surface area (Å²) in [7, 11) is 0. The number of aliphatic hydroxyl groups is 1. The molecule has 0 spiro atoms. The highest BCUT2D eigenvalue weighted by molar-refractivity contribution is 5.18. The zero-order chi connectivity index (χ0) is 9.47. The molecule has 72 valence electrons. The van der Waals surface area contributed by atoms with E-state index in [-0.39, 0.29) is 0 Å². The van der Waals surface area contributed by atoms with Crippen molar-refractivity contribution in [3.63, 3.8) is 0 Å². The van der Waals surface area contributed by atoms with Gasteiger partial charge in [0, 0.05) is 5.92 Å². The van der Waals surface area contributed by atoms with E-state index in [1.54, 1.807) is 0 Å². The summed E-state index contributed by atoms with van der Waals surface area (Å²) in [5.41, 5.74) is 0.849. The number of allylic oxidation sites excluding steroid dienone is 2. The molecule has 0 aromatic rings. The van der Waals surface area contributed by atoms with Gasteiger partial charge in [-0.15, -0.1) is 0 Å². The summed E-state index contributed by atoms with van der Waals surface area (Å²) < 4.78 is 0. The number of hydrogen-bond acceptors (Lipinski definition) is 1. The van der Waals surface area contributed by atoms with Gasteiger partial charge in [0.2, 0.25) is 0 Å². The van der Waals surface area contributed by atoms with Gasteiger partial charge in [-0.3, -0.25) is 0 Å². The van der Waals surface area contributed by atoms with Gasteiger partial charge in [-0.1, -0.05) is 24.3 Å². The van der Waals surface area contributed by atoms with Crippen LogP contribution in [0.5, 0.6) is 0 Å². The molecule has 3 atom stereocenters. The zero-order valence-corrected chi connectivity index (χ0v) is 8.29. The van der Waals surface area contributed by atoms with Crippen LogP contribution in [0.25, 0.3) is 0 Å². The normalized spacial score (nSPS) is 44.6. The lowest BCUT2D eigenvalue weighted by atomic mass is 9.84. The van der Waals surface area contributed by atoms with Crippen LogP contribution in [-0.4, -0.2) is 10.7 Å². The molecule has 0 bridgehead atoms. The number of rotatable bonds is 0. The Morgan fingerprint density at radius 1 is 1.62 bits per heavy atom. The van der Waals surface area contributed by atoms with Gasteiger partial charge in [0.05, 0.1) is 5.60 Å². The van der Waals surface area contributed by atoms with Gasteiger partial charge in [0.15, 0.2) is 0 Å². The van der Waals surface area contributed by atoms with Crippen molar-refractivity contribution in [1.29, 1.82) is 0 Å². The molecule has 0 aromatic carbocycles. The first-order valence-electron chi connectivity index (χ1n) is 5.18. The van der Waals surface area contributed by atoms with Crippen LogP contribution < -0.4 is 0 Å². The van der Waals surface area contributed by atoms with Crippen LogP contribution in [0.2, 0.25) is 0 Å². The van der Waals surface area contributed by atoms with E-state index >= 15 is 0 Å². The maximum Gasteiger partial charge on any atom is 0.0688 e. The lowest BCUT2D eigenvalue weighted by Gasteiger charge is -2.26. The topological polar surface area (TPSA) is 20.2 Å². The fourth-order valence-corrected chi connectivity index (χ4v) is 2.72. The van der Waals surface area contributed by atoms with E-state index in [4.69, 9.17) is 0 Å². The van der Waals surface area contributed by atoms with Crippen LogP contribution in [0.1, 0.15) is 32.6 Å². The Balaban J connectivity index is 2.28. The van der Waals surface area contributed by atoms with Gasteiger partial charge in [0.25, 0.3) is 0 Å². The van der Waals surface area contributed by atoms with Crippen LogP contribution in [-0.2, 0) is 0 Å². The molecule has 1 N–H and O–H groups in total. The van der Waals surface area contributed by atoms with E-state index in [1.165, 1.54) is 5.57 Å². The molecule has 2 rings (SSSR count). The fraction of sp³-hybridized carbons (Fsp3) is 0.667. The Bertz CT molecular complexity index is 250. The first-order valence-corrected chi connectivity index (χ1v) is 5.18. The van der Waals surface area contributed by atoms with Crippen LogP contribution in [0, 0.1) is 11.8 Å². The summed E-state index contributed by atoms with van der Waals surface area (Å²) in [6.45, 7) is 6.09. The molecular formula is C12H18O. The third kappa shape index (κ3) is 1.46. The van der Waals surface area contributed by atoms with Crippen LogP contribution >= 0.6 is 0 Å². The molecule has 1 heteroatoms. The summed E-state index contributed by atoms with van der Waals surface area (Å²) in [5.74, 6) is 0.858. The maximum atomic E-state index is 10.1. The number of hydrogen-bond donors (Lipinski definition) is 1. The van der Waals surface area contributed by atoms with Crippen molar-refractivity contribution in [2.45, 2.75) is 38.2 Å². The molecular weight excluding hydrogens is 160 g/mol. The van der Waals surface area contributed by atoms with E-state index in [0.717, 1.165) is 25.7 Å². The highest BCUT2D eigenvalue weighted by Crippen LogP contribution is 2.46. The average Bonchev–Trinajstić information content (AvgIpc) is 2.26. The molecule has 2 aliphatic rings. The predicted octanol–water partition coefficient (Wildman–Crippen LogP) is 2.67. The summed E-state index contributed by atoms with van der Waals surface area (Å²) >= 11 is 0. The van der Waals surface area contributed by atoms with Crippen molar-refractivity contribution in [2.75, 3.05) is 0 Å². The molecule has 0 aliphatic heterocycles. The third-order valence-corrected chi connectivity index (χ3v) is 3.61. The van der Waals surface area contributed by atoms with Crippen LogP contribution in [0.15, 0.2) is 24.3 Å². The van der Waals surface area contributed by atoms with Crippen LogP contribution in [0.4, 0.5) is 0 Å². The summed E-state index contributed by atoms with van der Waals surface area (Å²) in [4.78, 5) is 0. The molecule has 0 aromatic heterocycles. The van der Waals surface area contributed by atoms with Crippen LogP contribution in [0.3, 0.4) is 0 Å². The second-order valence-corrected chi connectivity index (χ2v) is 4.65. The molecule has 0 unspecified atom stereocenters. The molecule has 13 heavy (non-hydrogen) atoms. The van der Waals surface area contributed by atoms with Crippen molar-refractivity contribution in [2.24, 2.45) is 11.8 Å². The largest absolute Gasteiger partial charge is 0.390 e. The van der Waals surface area contributed by atoms with Gasteiger partial charge in [-0.2, -0.15) is 0 Å². The Hall–Kier alpha value is -0.560. The van der Waals surface area contributed by atoms with Crippen molar-refractivity contribution in [1.82, 2.24) is 0 Å². The Morgan fingerprint density at radius 3 is 3.15 bits per heavy atom. The standard InChI is InChI=1S/C12H18O/c1-9-5-3-4-6-11-10(9)7-8-12(11,2)13/h4,6,10-11,13H,1,3,5,7-8H2,2H3/t10-,11+,12+/m1/s1. The zero-order valence-electron chi connectivity index (χ0n) is 8.29. The Morgan fingerprint density at radius 2 is 2.38 bits per heavy atom. The summed E-state index contributed by atoms with van der Waals surface area (Å²) in [5, 5.41) is 10.1. The molecule has 0 heterocycles.